The van der Waals surface area contributed by atoms with Gasteiger partial charge in [0.2, 0.25) is 5.82 Å². The molecule has 39 heavy (non-hydrogen) atoms. The highest BCUT2D eigenvalue weighted by molar-refractivity contribution is 6.02. The van der Waals surface area contributed by atoms with Crippen LogP contribution < -0.4 is 4.90 Å². The lowest BCUT2D eigenvalue weighted by atomic mass is 9.98. The number of aromatic nitrogens is 4. The number of para-hydroxylation sites is 1. The smallest absolute Gasteiger partial charge is 0.325 e. The van der Waals surface area contributed by atoms with Gasteiger partial charge in [-0.3, -0.25) is 4.79 Å². The lowest BCUT2D eigenvalue weighted by molar-refractivity contribution is -0.141. The van der Waals surface area contributed by atoms with Gasteiger partial charge in [-0.25, -0.2) is 4.99 Å². The van der Waals surface area contributed by atoms with Crippen molar-refractivity contribution in [3.05, 3.63) is 96.3 Å². The van der Waals surface area contributed by atoms with Crippen LogP contribution in [0.5, 0.6) is 0 Å². The molecule has 1 N–H and O–H groups in total. The van der Waals surface area contributed by atoms with Crippen molar-refractivity contribution in [1.29, 1.82) is 0 Å². The SMILES string of the molecule is COC(=O)CN1CN(c2ccccc2)C=C2C1=NC(C)N2Cc1ccc(-c2ccccc2-c2nn[nH]n2)cc1. The molecule has 1 unspecified atom stereocenters. The van der Waals surface area contributed by atoms with Gasteiger partial charge in [0, 0.05) is 24.0 Å². The Morgan fingerprint density at radius 3 is 2.46 bits per heavy atom. The number of hydrogen-bond acceptors (Lipinski definition) is 9. The number of rotatable bonds is 7. The van der Waals surface area contributed by atoms with Gasteiger partial charge in [0.1, 0.15) is 12.7 Å². The van der Waals surface area contributed by atoms with Gasteiger partial charge in [0.05, 0.1) is 19.5 Å². The number of H-pyrrole nitrogens is 1. The number of aromatic amines is 1. The Hall–Kier alpha value is -4.99. The number of anilines is 1. The van der Waals surface area contributed by atoms with Gasteiger partial charge in [-0.15, -0.1) is 10.2 Å². The van der Waals surface area contributed by atoms with E-state index in [-0.39, 0.29) is 18.7 Å². The monoisotopic (exact) mass is 520 g/mol. The van der Waals surface area contributed by atoms with E-state index < -0.39 is 0 Å². The first kappa shape index (κ1) is 24.4. The quantitative estimate of drug-likeness (QED) is 0.366. The average Bonchev–Trinajstić information content (AvgIpc) is 3.62. The van der Waals surface area contributed by atoms with Crippen molar-refractivity contribution in [2.45, 2.75) is 19.6 Å². The minimum Gasteiger partial charge on any atom is -0.468 e. The summed E-state index contributed by atoms with van der Waals surface area (Å²) in [6, 6.07) is 26.7. The van der Waals surface area contributed by atoms with Crippen molar-refractivity contribution in [1.82, 2.24) is 30.4 Å². The maximum atomic E-state index is 12.2. The summed E-state index contributed by atoms with van der Waals surface area (Å²) in [4.78, 5) is 23.5. The minimum atomic E-state index is -0.297. The van der Waals surface area contributed by atoms with Gasteiger partial charge in [-0.1, -0.05) is 66.7 Å². The van der Waals surface area contributed by atoms with Gasteiger partial charge >= 0.3 is 5.97 Å². The van der Waals surface area contributed by atoms with Crippen LogP contribution in [-0.4, -0.2) is 68.7 Å². The first-order valence-electron chi connectivity index (χ1n) is 12.7. The fourth-order valence-corrected chi connectivity index (χ4v) is 4.99. The van der Waals surface area contributed by atoms with Crippen LogP contribution in [0.3, 0.4) is 0 Å². The number of nitrogens with zero attached hydrogens (tertiary/aromatic N) is 7. The van der Waals surface area contributed by atoms with Crippen LogP contribution in [0, 0.1) is 0 Å². The highest BCUT2D eigenvalue weighted by atomic mass is 16.5. The van der Waals surface area contributed by atoms with Crippen LogP contribution in [-0.2, 0) is 16.1 Å². The highest BCUT2D eigenvalue weighted by Crippen LogP contribution is 2.33. The first-order chi connectivity index (χ1) is 19.1. The second-order valence-electron chi connectivity index (χ2n) is 9.43. The van der Waals surface area contributed by atoms with E-state index in [4.69, 9.17) is 9.73 Å². The molecule has 196 valence electrons. The maximum Gasteiger partial charge on any atom is 0.325 e. The summed E-state index contributed by atoms with van der Waals surface area (Å²) >= 11 is 0. The zero-order chi connectivity index (χ0) is 26.8. The number of ether oxygens (including phenoxy) is 1. The van der Waals surface area contributed by atoms with Gasteiger partial charge < -0.3 is 19.4 Å². The number of aliphatic imine (C=N–C) groups is 1. The summed E-state index contributed by atoms with van der Waals surface area (Å²) in [7, 11) is 1.41. The van der Waals surface area contributed by atoms with Gasteiger partial charge in [0.25, 0.3) is 0 Å². The Morgan fingerprint density at radius 2 is 1.74 bits per heavy atom. The molecule has 0 spiro atoms. The Bertz CT molecular complexity index is 1520. The zero-order valence-electron chi connectivity index (χ0n) is 21.7. The Morgan fingerprint density at radius 1 is 1.00 bits per heavy atom. The average molecular weight is 521 g/mol. The van der Waals surface area contributed by atoms with Crippen LogP contribution in [0.1, 0.15) is 12.5 Å². The number of carbonyl (C=O) groups excluding carboxylic acids is 1. The minimum absolute atomic E-state index is 0.0826. The van der Waals surface area contributed by atoms with Crippen LogP contribution in [0.25, 0.3) is 22.5 Å². The second kappa shape index (κ2) is 10.4. The molecule has 0 saturated carbocycles. The van der Waals surface area contributed by atoms with E-state index in [0.29, 0.717) is 19.0 Å². The van der Waals surface area contributed by atoms with Crippen LogP contribution in [0.4, 0.5) is 5.69 Å². The molecule has 0 bridgehead atoms. The molecular formula is C29H28N8O2. The molecule has 6 rings (SSSR count). The third kappa shape index (κ3) is 4.84. The highest BCUT2D eigenvalue weighted by Gasteiger charge is 2.36. The summed E-state index contributed by atoms with van der Waals surface area (Å²) in [5.74, 6) is 1.08. The van der Waals surface area contributed by atoms with E-state index in [2.05, 4.69) is 86.0 Å². The van der Waals surface area contributed by atoms with Gasteiger partial charge in [0.15, 0.2) is 5.84 Å². The van der Waals surface area contributed by atoms with Crippen LogP contribution in [0.2, 0.25) is 0 Å². The molecule has 3 aromatic carbocycles. The molecule has 0 radical (unpaired) electrons. The van der Waals surface area contributed by atoms with E-state index in [9.17, 15) is 4.79 Å². The van der Waals surface area contributed by atoms with Crippen LogP contribution >= 0.6 is 0 Å². The molecule has 1 atom stereocenters. The number of methoxy groups -OCH3 is 1. The fraction of sp³-hybridized carbons (Fsp3) is 0.207. The molecule has 2 aliphatic heterocycles. The molecule has 10 nitrogen and oxygen atoms in total. The van der Waals surface area contributed by atoms with E-state index in [1.165, 1.54) is 7.11 Å². The molecule has 1 aromatic heterocycles. The molecular weight excluding hydrogens is 492 g/mol. The predicted molar refractivity (Wildman–Crippen MR) is 148 cm³/mol. The third-order valence-corrected chi connectivity index (χ3v) is 6.97. The number of esters is 1. The Balaban J connectivity index is 1.27. The topological polar surface area (TPSA) is 103 Å². The summed E-state index contributed by atoms with van der Waals surface area (Å²) in [6.07, 6.45) is 2.04. The summed E-state index contributed by atoms with van der Waals surface area (Å²) < 4.78 is 4.97. The van der Waals surface area contributed by atoms with Crippen molar-refractivity contribution < 1.29 is 9.53 Å². The first-order valence-corrected chi connectivity index (χ1v) is 12.7. The molecule has 10 heteroatoms. The van der Waals surface area contributed by atoms with Crippen LogP contribution in [0.15, 0.2) is 95.8 Å². The fourth-order valence-electron chi connectivity index (χ4n) is 4.99. The Labute approximate surface area is 226 Å². The lowest BCUT2D eigenvalue weighted by Crippen LogP contribution is -2.48. The number of carbonyl (C=O) groups is 1. The number of fused-ring (bicyclic) bond motifs is 1. The third-order valence-electron chi connectivity index (χ3n) is 6.97. The number of benzene rings is 3. The van der Waals surface area contributed by atoms with E-state index in [1.54, 1.807) is 0 Å². The van der Waals surface area contributed by atoms with Crippen molar-refractivity contribution >= 4 is 17.5 Å². The normalized spacial score (nSPS) is 16.6. The molecule has 0 aliphatic carbocycles. The second-order valence-corrected chi connectivity index (χ2v) is 9.43. The number of amidine groups is 1. The van der Waals surface area contributed by atoms with Gasteiger partial charge in [-0.2, -0.15) is 5.21 Å². The van der Waals surface area contributed by atoms with Gasteiger partial charge in [-0.05, 0) is 41.0 Å². The van der Waals surface area contributed by atoms with E-state index in [1.807, 2.05) is 41.3 Å². The molecule has 0 amide bonds. The Kier molecular flexibility index (Phi) is 6.50. The lowest BCUT2D eigenvalue weighted by Gasteiger charge is -2.37. The molecule has 2 aliphatic rings. The van der Waals surface area contributed by atoms with Crippen molar-refractivity contribution in [2.24, 2.45) is 4.99 Å². The summed E-state index contributed by atoms with van der Waals surface area (Å²) in [5, 5.41) is 14.5. The van der Waals surface area contributed by atoms with Crippen molar-refractivity contribution in [3.63, 3.8) is 0 Å². The number of hydrogen-bond donors (Lipinski definition) is 1. The summed E-state index contributed by atoms with van der Waals surface area (Å²) in [6.45, 7) is 3.38. The number of tetrazole rings is 1. The molecule has 0 fully saturated rings. The largest absolute Gasteiger partial charge is 0.468 e. The zero-order valence-corrected chi connectivity index (χ0v) is 21.7. The van der Waals surface area contributed by atoms with Crippen molar-refractivity contribution in [2.75, 3.05) is 25.2 Å². The van der Waals surface area contributed by atoms with E-state index in [0.717, 1.165) is 39.5 Å². The standard InChI is InChI=1S/C29H28N8O2/c1-20-30-29-26(17-35(23-8-4-3-5-9-23)19-36(29)18-27(38)39-2)37(20)16-21-12-14-22(15-13-21)24-10-6-7-11-25(24)28-31-33-34-32-28/h3-15,17,20H,16,18-19H2,1-2H3,(H,31,32,33,34). The summed E-state index contributed by atoms with van der Waals surface area (Å²) in [5.41, 5.74) is 6.20. The number of nitrogens with one attached hydrogen (secondary N) is 1. The van der Waals surface area contributed by atoms with E-state index >= 15 is 0 Å². The predicted octanol–water partition coefficient (Wildman–Crippen LogP) is 3.89. The molecule has 0 saturated heterocycles. The molecule has 4 aromatic rings. The maximum absolute atomic E-state index is 12.2. The molecule has 3 heterocycles. The van der Waals surface area contributed by atoms with Crippen molar-refractivity contribution in [3.8, 4) is 22.5 Å².